The van der Waals surface area contributed by atoms with Crippen molar-refractivity contribution in [3.63, 3.8) is 0 Å². The molecule has 0 aliphatic heterocycles. The Morgan fingerprint density at radius 3 is 2.40 bits per heavy atom. The van der Waals surface area contributed by atoms with Crippen molar-refractivity contribution in [1.29, 1.82) is 0 Å². The van der Waals surface area contributed by atoms with Crippen LogP contribution in [0.5, 0.6) is 0 Å². The smallest absolute Gasteiger partial charge is 0.184 e. The highest BCUT2D eigenvalue weighted by atomic mass is 79.9. The Morgan fingerprint density at radius 2 is 1.80 bits per heavy atom. The fourth-order valence-electron chi connectivity index (χ4n) is 1.68. The molecule has 2 rings (SSSR count). The number of nitrogens with two attached hydrogens (primary N) is 1. The minimum Gasteiger partial charge on any atom is -0.375 e. The van der Waals surface area contributed by atoms with E-state index in [0.29, 0.717) is 11.3 Å². The second-order valence-corrected chi connectivity index (χ2v) is 5.31. The molecule has 6 heteroatoms. The van der Waals surface area contributed by atoms with Crippen LogP contribution in [-0.4, -0.2) is 10.8 Å². The van der Waals surface area contributed by atoms with Gasteiger partial charge in [-0.25, -0.2) is 4.39 Å². The highest BCUT2D eigenvalue weighted by Gasteiger charge is 2.09. The van der Waals surface area contributed by atoms with Crippen molar-refractivity contribution in [3.05, 3.63) is 69.9 Å². The van der Waals surface area contributed by atoms with Gasteiger partial charge in [0.05, 0.1) is 5.71 Å². The summed E-state index contributed by atoms with van der Waals surface area (Å²) in [5.74, 6) is -0.333. The first-order chi connectivity index (χ1) is 9.56. The average molecular weight is 352 g/mol. The molecule has 0 amide bonds. The molecular formula is C14H11BrFN3S. The van der Waals surface area contributed by atoms with Crippen LogP contribution in [0.25, 0.3) is 0 Å². The lowest BCUT2D eigenvalue weighted by Crippen LogP contribution is -2.26. The van der Waals surface area contributed by atoms with Crippen molar-refractivity contribution in [2.24, 2.45) is 10.8 Å². The maximum Gasteiger partial charge on any atom is 0.184 e. The van der Waals surface area contributed by atoms with Crippen molar-refractivity contribution >= 4 is 39.0 Å². The number of hydrogen-bond donors (Lipinski definition) is 2. The topological polar surface area (TPSA) is 50.4 Å². The molecule has 0 bridgehead atoms. The predicted molar refractivity (Wildman–Crippen MR) is 86.1 cm³/mol. The Kier molecular flexibility index (Phi) is 4.81. The summed E-state index contributed by atoms with van der Waals surface area (Å²) >= 11 is 8.14. The Balaban J connectivity index is 2.50. The minimum atomic E-state index is -0.333. The summed E-state index contributed by atoms with van der Waals surface area (Å²) in [6.07, 6.45) is 0. The number of thiocarbonyl (C=S) groups is 1. The lowest BCUT2D eigenvalue weighted by atomic mass is 10.0. The lowest BCUT2D eigenvalue weighted by molar-refractivity contribution is 0.627. The van der Waals surface area contributed by atoms with E-state index in [9.17, 15) is 4.39 Å². The third-order valence-corrected chi connectivity index (χ3v) is 3.06. The number of hydrogen-bond acceptors (Lipinski definition) is 2. The van der Waals surface area contributed by atoms with E-state index in [1.807, 2.05) is 24.3 Å². The van der Waals surface area contributed by atoms with Crippen LogP contribution < -0.4 is 11.2 Å². The first-order valence-electron chi connectivity index (χ1n) is 5.71. The van der Waals surface area contributed by atoms with E-state index in [1.54, 1.807) is 12.1 Å². The van der Waals surface area contributed by atoms with Crippen molar-refractivity contribution < 1.29 is 4.39 Å². The highest BCUT2D eigenvalue weighted by molar-refractivity contribution is 9.10. The van der Waals surface area contributed by atoms with Gasteiger partial charge in [-0.15, -0.1) is 0 Å². The van der Waals surface area contributed by atoms with Crippen LogP contribution in [0.15, 0.2) is 58.1 Å². The Morgan fingerprint density at radius 1 is 1.15 bits per heavy atom. The molecule has 20 heavy (non-hydrogen) atoms. The maximum atomic E-state index is 13.4. The number of rotatable bonds is 3. The van der Waals surface area contributed by atoms with Gasteiger partial charge in [-0.3, -0.25) is 5.43 Å². The summed E-state index contributed by atoms with van der Waals surface area (Å²) in [6, 6.07) is 13.7. The Hall–Kier alpha value is -1.79. The van der Waals surface area contributed by atoms with E-state index in [-0.39, 0.29) is 10.9 Å². The molecule has 2 aromatic carbocycles. The molecule has 3 nitrogen and oxygen atoms in total. The third kappa shape index (κ3) is 3.85. The van der Waals surface area contributed by atoms with Gasteiger partial charge >= 0.3 is 0 Å². The third-order valence-electron chi connectivity index (χ3n) is 2.47. The summed E-state index contributed by atoms with van der Waals surface area (Å²) in [5, 5.41) is 4.21. The molecule has 0 spiro atoms. The molecule has 3 N–H and O–H groups in total. The molecule has 0 saturated heterocycles. The van der Waals surface area contributed by atoms with Crippen LogP contribution in [0.1, 0.15) is 11.1 Å². The normalized spacial score (nSPS) is 11.2. The quantitative estimate of drug-likeness (QED) is 0.507. The highest BCUT2D eigenvalue weighted by Crippen LogP contribution is 2.16. The van der Waals surface area contributed by atoms with Gasteiger partial charge in [-0.05, 0) is 36.5 Å². The van der Waals surface area contributed by atoms with Crippen molar-refractivity contribution in [2.75, 3.05) is 0 Å². The second kappa shape index (κ2) is 6.58. The van der Waals surface area contributed by atoms with Crippen LogP contribution in [0.3, 0.4) is 0 Å². The first kappa shape index (κ1) is 14.6. The van der Waals surface area contributed by atoms with Crippen LogP contribution in [-0.2, 0) is 0 Å². The molecule has 102 valence electrons. The zero-order valence-electron chi connectivity index (χ0n) is 10.3. The van der Waals surface area contributed by atoms with Gasteiger partial charge in [-0.1, -0.05) is 40.2 Å². The Labute approximate surface area is 129 Å². The largest absolute Gasteiger partial charge is 0.375 e. The molecular weight excluding hydrogens is 341 g/mol. The summed E-state index contributed by atoms with van der Waals surface area (Å²) in [7, 11) is 0. The number of nitrogens with one attached hydrogen (secondary N) is 1. The van der Waals surface area contributed by atoms with E-state index in [2.05, 4.69) is 26.5 Å². The number of halogens is 2. The SMILES string of the molecule is NC(=S)N/N=C(\c1cccc(F)c1)c1cccc(Br)c1. The molecule has 2 aromatic rings. The van der Waals surface area contributed by atoms with Crippen LogP contribution in [0.4, 0.5) is 4.39 Å². The van der Waals surface area contributed by atoms with E-state index >= 15 is 0 Å². The number of benzene rings is 2. The zero-order valence-corrected chi connectivity index (χ0v) is 12.7. The molecule has 0 radical (unpaired) electrons. The summed E-state index contributed by atoms with van der Waals surface area (Å²) in [6.45, 7) is 0. The molecule has 0 heterocycles. The average Bonchev–Trinajstić information content (AvgIpc) is 2.39. The number of nitrogens with zero attached hydrogens (tertiary/aromatic N) is 1. The van der Waals surface area contributed by atoms with E-state index in [1.165, 1.54) is 12.1 Å². The second-order valence-electron chi connectivity index (χ2n) is 3.96. The summed E-state index contributed by atoms with van der Waals surface area (Å²) in [4.78, 5) is 0. The van der Waals surface area contributed by atoms with E-state index < -0.39 is 0 Å². The first-order valence-corrected chi connectivity index (χ1v) is 6.91. The van der Waals surface area contributed by atoms with Gasteiger partial charge in [0, 0.05) is 15.6 Å². The van der Waals surface area contributed by atoms with Gasteiger partial charge in [0.2, 0.25) is 0 Å². The molecule has 0 unspecified atom stereocenters. The monoisotopic (exact) mass is 351 g/mol. The summed E-state index contributed by atoms with van der Waals surface area (Å²) < 4.78 is 14.3. The van der Waals surface area contributed by atoms with Crippen LogP contribution in [0, 0.1) is 5.82 Å². The van der Waals surface area contributed by atoms with Gasteiger partial charge in [0.15, 0.2) is 5.11 Å². The van der Waals surface area contributed by atoms with Gasteiger partial charge in [-0.2, -0.15) is 5.10 Å². The Bertz CT molecular complexity index is 625. The van der Waals surface area contributed by atoms with Gasteiger partial charge in [0.1, 0.15) is 5.82 Å². The van der Waals surface area contributed by atoms with Gasteiger partial charge in [0.25, 0.3) is 0 Å². The predicted octanol–water partition coefficient (Wildman–Crippen LogP) is 3.17. The number of hydrazone groups is 1. The van der Waals surface area contributed by atoms with E-state index in [4.69, 9.17) is 18.0 Å². The molecule has 0 aliphatic carbocycles. The standard InChI is InChI=1S/C14H11BrFN3S/c15-11-5-1-3-9(7-11)13(18-19-14(17)20)10-4-2-6-12(16)8-10/h1-8H,(H3,17,19,20)/b18-13-. The van der Waals surface area contributed by atoms with Crippen molar-refractivity contribution in [2.45, 2.75) is 0 Å². The molecule has 0 aromatic heterocycles. The maximum absolute atomic E-state index is 13.4. The van der Waals surface area contributed by atoms with Crippen molar-refractivity contribution in [1.82, 2.24) is 5.43 Å². The summed E-state index contributed by atoms with van der Waals surface area (Å²) in [5.41, 5.74) is 9.93. The fraction of sp³-hybridized carbons (Fsp3) is 0. The molecule has 0 fully saturated rings. The van der Waals surface area contributed by atoms with E-state index in [0.717, 1.165) is 10.0 Å². The zero-order chi connectivity index (χ0) is 14.5. The van der Waals surface area contributed by atoms with Crippen LogP contribution in [0.2, 0.25) is 0 Å². The molecule has 0 saturated carbocycles. The molecule has 0 atom stereocenters. The molecule has 0 aliphatic rings. The lowest BCUT2D eigenvalue weighted by Gasteiger charge is -2.08. The van der Waals surface area contributed by atoms with Gasteiger partial charge < -0.3 is 5.73 Å². The fourth-order valence-corrected chi connectivity index (χ4v) is 2.12. The van der Waals surface area contributed by atoms with Crippen molar-refractivity contribution in [3.8, 4) is 0 Å². The minimum absolute atomic E-state index is 0.0499. The van der Waals surface area contributed by atoms with Crippen LogP contribution >= 0.6 is 28.1 Å².